The Morgan fingerprint density at radius 2 is 1.63 bits per heavy atom. The van der Waals surface area contributed by atoms with Crippen LogP contribution < -0.4 is 4.74 Å². The molecule has 19 heavy (non-hydrogen) atoms. The van der Waals surface area contributed by atoms with Crippen molar-refractivity contribution >= 4 is 11.6 Å². The summed E-state index contributed by atoms with van der Waals surface area (Å²) >= 11 is 5.85. The quantitative estimate of drug-likeness (QED) is 0.704. The van der Waals surface area contributed by atoms with Gasteiger partial charge in [-0.15, -0.1) is 13.2 Å². The van der Waals surface area contributed by atoms with Gasteiger partial charge in [-0.2, -0.15) is 0 Å². The minimum absolute atomic E-state index is 0.0214. The lowest BCUT2D eigenvalue weighted by Crippen LogP contribution is -2.17. The fourth-order valence-corrected chi connectivity index (χ4v) is 1.86. The molecule has 0 aliphatic rings. The number of hydrogen-bond acceptors (Lipinski definition) is 1. The van der Waals surface area contributed by atoms with Crippen molar-refractivity contribution in [1.82, 2.24) is 0 Å². The van der Waals surface area contributed by atoms with Crippen LogP contribution in [0.1, 0.15) is 0 Å². The van der Waals surface area contributed by atoms with Gasteiger partial charge in [-0.25, -0.2) is 4.39 Å². The van der Waals surface area contributed by atoms with Gasteiger partial charge >= 0.3 is 6.36 Å². The molecule has 2 aromatic carbocycles. The van der Waals surface area contributed by atoms with E-state index >= 15 is 0 Å². The molecule has 100 valence electrons. The first-order valence-electron chi connectivity index (χ1n) is 5.17. The summed E-state index contributed by atoms with van der Waals surface area (Å²) in [5, 5.41) is -0.0214. The highest BCUT2D eigenvalue weighted by Gasteiger charge is 2.31. The number of hydrogen-bond donors (Lipinski definition) is 0. The van der Waals surface area contributed by atoms with Gasteiger partial charge in [0.05, 0.1) is 5.02 Å². The van der Waals surface area contributed by atoms with Crippen LogP contribution >= 0.6 is 11.6 Å². The molecular weight excluding hydrogens is 284 g/mol. The van der Waals surface area contributed by atoms with Crippen molar-refractivity contribution in [3.63, 3.8) is 0 Å². The molecule has 0 fully saturated rings. The number of ether oxygens (including phenoxy) is 1. The van der Waals surface area contributed by atoms with E-state index < -0.39 is 17.9 Å². The van der Waals surface area contributed by atoms with Crippen molar-refractivity contribution in [2.24, 2.45) is 0 Å². The molecule has 2 rings (SSSR count). The second-order valence-corrected chi connectivity index (χ2v) is 4.08. The van der Waals surface area contributed by atoms with Gasteiger partial charge in [0.15, 0.2) is 0 Å². The van der Waals surface area contributed by atoms with E-state index in [9.17, 15) is 17.6 Å². The Hall–Kier alpha value is -1.75. The Morgan fingerprint density at radius 1 is 0.947 bits per heavy atom. The van der Waals surface area contributed by atoms with Crippen LogP contribution in [0.25, 0.3) is 11.1 Å². The minimum atomic E-state index is -4.79. The molecule has 0 aromatic heterocycles. The molecule has 0 saturated heterocycles. The predicted octanol–water partition coefficient (Wildman–Crippen LogP) is 5.04. The molecule has 0 radical (unpaired) electrons. The summed E-state index contributed by atoms with van der Waals surface area (Å²) < 4.78 is 53.4. The lowest BCUT2D eigenvalue weighted by atomic mass is 10.1. The van der Waals surface area contributed by atoms with E-state index in [4.69, 9.17) is 11.6 Å². The lowest BCUT2D eigenvalue weighted by molar-refractivity contribution is -0.274. The van der Waals surface area contributed by atoms with Crippen molar-refractivity contribution in [2.45, 2.75) is 6.36 Å². The predicted molar refractivity (Wildman–Crippen MR) is 63.5 cm³/mol. The molecule has 0 aliphatic carbocycles. The van der Waals surface area contributed by atoms with Crippen LogP contribution in [0, 0.1) is 5.82 Å². The summed E-state index contributed by atoms with van der Waals surface area (Å²) in [6, 6.07) is 9.20. The molecule has 0 bridgehead atoms. The smallest absolute Gasteiger partial charge is 0.406 e. The third-order valence-corrected chi connectivity index (χ3v) is 2.65. The summed E-state index contributed by atoms with van der Waals surface area (Å²) in [5.74, 6) is -0.952. The molecule has 0 heterocycles. The third-order valence-electron chi connectivity index (χ3n) is 2.34. The van der Waals surface area contributed by atoms with Gasteiger partial charge in [0.1, 0.15) is 11.6 Å². The van der Waals surface area contributed by atoms with Crippen LogP contribution in [-0.4, -0.2) is 6.36 Å². The Labute approximate surface area is 111 Å². The van der Waals surface area contributed by atoms with Crippen LogP contribution in [0.2, 0.25) is 5.02 Å². The second-order valence-electron chi connectivity index (χ2n) is 3.67. The molecule has 0 saturated carbocycles. The first-order valence-corrected chi connectivity index (χ1v) is 5.55. The van der Waals surface area contributed by atoms with E-state index in [1.54, 1.807) is 6.07 Å². The summed E-state index contributed by atoms with van der Waals surface area (Å²) in [4.78, 5) is 0. The van der Waals surface area contributed by atoms with Crippen molar-refractivity contribution < 1.29 is 22.3 Å². The highest BCUT2D eigenvalue weighted by Crippen LogP contribution is 2.34. The van der Waals surface area contributed by atoms with Crippen molar-refractivity contribution in [2.75, 3.05) is 0 Å². The average Bonchev–Trinajstić information content (AvgIpc) is 2.28. The Kier molecular flexibility index (Phi) is 3.66. The van der Waals surface area contributed by atoms with Crippen LogP contribution in [0.5, 0.6) is 5.75 Å². The fourth-order valence-electron chi connectivity index (χ4n) is 1.59. The molecule has 0 atom stereocenters. The number of rotatable bonds is 2. The summed E-state index contributed by atoms with van der Waals surface area (Å²) in [6.45, 7) is 0. The van der Waals surface area contributed by atoms with Crippen molar-refractivity contribution in [1.29, 1.82) is 0 Å². The van der Waals surface area contributed by atoms with E-state index in [1.165, 1.54) is 24.3 Å². The summed E-state index contributed by atoms with van der Waals surface area (Å²) in [5.41, 5.74) is 0.514. The zero-order chi connectivity index (χ0) is 14.0. The van der Waals surface area contributed by atoms with Gasteiger partial charge in [-0.1, -0.05) is 29.8 Å². The van der Waals surface area contributed by atoms with Gasteiger partial charge in [0.2, 0.25) is 0 Å². The van der Waals surface area contributed by atoms with Crippen LogP contribution in [-0.2, 0) is 0 Å². The lowest BCUT2D eigenvalue weighted by Gasteiger charge is -2.11. The van der Waals surface area contributed by atoms with Gasteiger partial charge in [-0.05, 0) is 24.3 Å². The summed E-state index contributed by atoms with van der Waals surface area (Å²) in [7, 11) is 0. The molecule has 0 spiro atoms. The van der Waals surface area contributed by atoms with Crippen LogP contribution in [0.3, 0.4) is 0 Å². The monoisotopic (exact) mass is 290 g/mol. The first kappa shape index (κ1) is 13.7. The molecule has 0 aliphatic heterocycles. The van der Waals surface area contributed by atoms with Gasteiger partial charge in [0, 0.05) is 11.1 Å². The number of alkyl halides is 3. The first-order chi connectivity index (χ1) is 8.87. The number of halogens is 5. The van der Waals surface area contributed by atoms with E-state index in [0.717, 1.165) is 12.1 Å². The van der Waals surface area contributed by atoms with Crippen molar-refractivity contribution in [3.05, 3.63) is 53.3 Å². The molecular formula is C13H7ClF4O. The maximum Gasteiger partial charge on any atom is 0.573 e. The Balaban J connectivity index is 2.38. The van der Waals surface area contributed by atoms with Crippen LogP contribution in [0.4, 0.5) is 17.6 Å². The van der Waals surface area contributed by atoms with Gasteiger partial charge in [-0.3, -0.25) is 0 Å². The standard InChI is InChI=1S/C13H7ClF4O/c14-11-7-8(19-13(16,17)18)5-6-9(11)10-3-1-2-4-12(10)15/h1-7H. The fraction of sp³-hybridized carbons (Fsp3) is 0.0769. The molecule has 2 aromatic rings. The van der Waals surface area contributed by atoms with E-state index in [1.807, 2.05) is 0 Å². The zero-order valence-corrected chi connectivity index (χ0v) is 10.1. The summed E-state index contributed by atoms with van der Waals surface area (Å²) in [6.07, 6.45) is -4.79. The maximum atomic E-state index is 13.6. The van der Waals surface area contributed by atoms with Crippen LogP contribution in [0.15, 0.2) is 42.5 Å². The van der Waals surface area contributed by atoms with E-state index in [2.05, 4.69) is 4.74 Å². The van der Waals surface area contributed by atoms with Crippen molar-refractivity contribution in [3.8, 4) is 16.9 Å². The molecule has 1 nitrogen and oxygen atoms in total. The maximum absolute atomic E-state index is 13.6. The second kappa shape index (κ2) is 5.09. The normalized spacial score (nSPS) is 11.4. The average molecular weight is 291 g/mol. The topological polar surface area (TPSA) is 9.23 Å². The molecule has 6 heteroatoms. The minimum Gasteiger partial charge on any atom is -0.406 e. The largest absolute Gasteiger partial charge is 0.573 e. The van der Waals surface area contributed by atoms with E-state index in [-0.39, 0.29) is 10.6 Å². The Bertz CT molecular complexity index is 595. The third kappa shape index (κ3) is 3.38. The SMILES string of the molecule is Fc1ccccc1-c1ccc(OC(F)(F)F)cc1Cl. The zero-order valence-electron chi connectivity index (χ0n) is 9.34. The van der Waals surface area contributed by atoms with E-state index in [0.29, 0.717) is 5.56 Å². The van der Waals surface area contributed by atoms with Gasteiger partial charge in [0.25, 0.3) is 0 Å². The molecule has 0 amide bonds. The highest BCUT2D eigenvalue weighted by atomic mass is 35.5. The highest BCUT2D eigenvalue weighted by molar-refractivity contribution is 6.33. The molecule has 0 unspecified atom stereocenters. The Morgan fingerprint density at radius 3 is 2.21 bits per heavy atom. The van der Waals surface area contributed by atoms with Gasteiger partial charge < -0.3 is 4.74 Å². The number of benzene rings is 2. The molecule has 0 N–H and O–H groups in total.